The summed E-state index contributed by atoms with van der Waals surface area (Å²) < 4.78 is 11.2. The number of carbonyl (C=O) groups excluding carboxylic acids is 2. The molecule has 7 heteroatoms. The van der Waals surface area contributed by atoms with Gasteiger partial charge in [-0.05, 0) is 38.3 Å². The van der Waals surface area contributed by atoms with E-state index < -0.39 is 5.91 Å². The Morgan fingerprint density at radius 1 is 1.21 bits per heavy atom. The van der Waals surface area contributed by atoms with E-state index in [0.29, 0.717) is 35.3 Å². The van der Waals surface area contributed by atoms with E-state index in [9.17, 15) is 9.59 Å². The summed E-state index contributed by atoms with van der Waals surface area (Å²) in [6.45, 7) is 4.85. The second-order valence-electron chi connectivity index (χ2n) is 5.64. The molecule has 0 atom stereocenters. The van der Waals surface area contributed by atoms with Gasteiger partial charge in [0.2, 0.25) is 5.91 Å². The quantitative estimate of drug-likeness (QED) is 0.555. The zero-order valence-electron chi connectivity index (χ0n) is 14.0. The normalized spacial score (nSPS) is 13.3. The summed E-state index contributed by atoms with van der Waals surface area (Å²) in [6.07, 6.45) is 3.64. The van der Waals surface area contributed by atoms with Crippen molar-refractivity contribution < 1.29 is 19.1 Å². The third-order valence-corrected chi connectivity index (χ3v) is 3.84. The molecule has 0 heterocycles. The molecule has 0 bridgehead atoms. The minimum atomic E-state index is -0.452. The molecule has 0 aromatic heterocycles. The van der Waals surface area contributed by atoms with Gasteiger partial charge in [-0.3, -0.25) is 20.4 Å². The van der Waals surface area contributed by atoms with Crippen molar-refractivity contribution in [3.05, 3.63) is 22.7 Å². The number of rotatable bonds is 8. The maximum atomic E-state index is 12.2. The lowest BCUT2D eigenvalue weighted by Gasteiger charge is -2.15. The lowest BCUT2D eigenvalue weighted by molar-refractivity contribution is -0.123. The summed E-state index contributed by atoms with van der Waals surface area (Å²) in [6, 6.07) is 3.07. The van der Waals surface area contributed by atoms with Crippen LogP contribution >= 0.6 is 11.6 Å². The van der Waals surface area contributed by atoms with Crippen LogP contribution in [0.3, 0.4) is 0 Å². The molecule has 0 unspecified atom stereocenters. The first kappa shape index (κ1) is 18.4. The standard InChI is InChI=1S/C17H23ClN2O4/c1-3-5-8-24-15-13(18)9-12(10-14(15)23-4-2)17(22)20-19-16(21)11-6-7-11/h9-11H,3-8H2,1-2H3,(H,19,21)(H,20,22). The monoisotopic (exact) mass is 354 g/mol. The smallest absolute Gasteiger partial charge is 0.269 e. The van der Waals surface area contributed by atoms with Gasteiger partial charge in [0.15, 0.2) is 11.5 Å². The minimum absolute atomic E-state index is 0.0159. The molecule has 0 spiro atoms. The molecule has 1 aromatic rings. The van der Waals surface area contributed by atoms with Crippen LogP contribution in [0.5, 0.6) is 11.5 Å². The van der Waals surface area contributed by atoms with Gasteiger partial charge >= 0.3 is 0 Å². The molecule has 6 nitrogen and oxygen atoms in total. The maximum Gasteiger partial charge on any atom is 0.269 e. The van der Waals surface area contributed by atoms with Crippen molar-refractivity contribution in [3.63, 3.8) is 0 Å². The molecule has 1 aliphatic carbocycles. The number of hydrazine groups is 1. The zero-order valence-corrected chi connectivity index (χ0v) is 14.7. The van der Waals surface area contributed by atoms with Crippen LogP contribution < -0.4 is 20.3 Å². The first-order valence-electron chi connectivity index (χ1n) is 8.26. The lowest BCUT2D eigenvalue weighted by Crippen LogP contribution is -2.42. The number of amides is 2. The van der Waals surface area contributed by atoms with Gasteiger partial charge < -0.3 is 9.47 Å². The fourth-order valence-electron chi connectivity index (χ4n) is 2.06. The first-order valence-corrected chi connectivity index (χ1v) is 8.63. The molecule has 0 saturated heterocycles. The van der Waals surface area contributed by atoms with Gasteiger partial charge in [-0.1, -0.05) is 24.9 Å². The fraction of sp³-hybridized carbons (Fsp3) is 0.529. The number of ether oxygens (including phenoxy) is 2. The highest BCUT2D eigenvalue weighted by molar-refractivity contribution is 6.32. The van der Waals surface area contributed by atoms with Crippen LogP contribution in [-0.2, 0) is 4.79 Å². The Kier molecular flexibility index (Phi) is 6.73. The van der Waals surface area contributed by atoms with E-state index in [1.807, 2.05) is 6.92 Å². The Morgan fingerprint density at radius 3 is 2.58 bits per heavy atom. The second-order valence-corrected chi connectivity index (χ2v) is 6.05. The van der Waals surface area contributed by atoms with Gasteiger partial charge in [0.25, 0.3) is 5.91 Å². The summed E-state index contributed by atoms with van der Waals surface area (Å²) in [5.41, 5.74) is 5.11. The Hall–Kier alpha value is -1.95. The second kappa shape index (κ2) is 8.78. The van der Waals surface area contributed by atoms with Gasteiger partial charge in [-0.15, -0.1) is 0 Å². The highest BCUT2D eigenvalue weighted by Gasteiger charge is 2.29. The number of hydrogen-bond donors (Lipinski definition) is 2. The number of benzene rings is 1. The molecular formula is C17H23ClN2O4. The van der Waals surface area contributed by atoms with Crippen molar-refractivity contribution >= 4 is 23.4 Å². The Bertz CT molecular complexity index is 602. The number of carbonyl (C=O) groups is 2. The zero-order chi connectivity index (χ0) is 17.5. The average Bonchev–Trinajstić information content (AvgIpc) is 3.39. The molecule has 2 rings (SSSR count). The lowest BCUT2D eigenvalue weighted by atomic mass is 10.2. The number of halogens is 1. The van der Waals surface area contributed by atoms with E-state index in [-0.39, 0.29) is 11.8 Å². The third-order valence-electron chi connectivity index (χ3n) is 3.56. The van der Waals surface area contributed by atoms with Gasteiger partial charge in [-0.25, -0.2) is 0 Å². The summed E-state index contributed by atoms with van der Waals surface area (Å²) in [5.74, 6) is 0.249. The van der Waals surface area contributed by atoms with Crippen LogP contribution in [0.25, 0.3) is 0 Å². The number of hydrogen-bond acceptors (Lipinski definition) is 4. The molecule has 1 fully saturated rings. The minimum Gasteiger partial charge on any atom is -0.490 e. The van der Waals surface area contributed by atoms with Crippen molar-refractivity contribution in [2.24, 2.45) is 5.92 Å². The van der Waals surface area contributed by atoms with Crippen molar-refractivity contribution in [1.82, 2.24) is 10.9 Å². The third kappa shape index (κ3) is 5.03. The van der Waals surface area contributed by atoms with Crippen molar-refractivity contribution in [2.45, 2.75) is 39.5 Å². The van der Waals surface area contributed by atoms with Gasteiger partial charge in [-0.2, -0.15) is 0 Å². The van der Waals surface area contributed by atoms with Crippen LogP contribution in [0.2, 0.25) is 5.02 Å². The van der Waals surface area contributed by atoms with Crippen LogP contribution in [0.4, 0.5) is 0 Å². The van der Waals surface area contributed by atoms with Crippen LogP contribution in [0, 0.1) is 5.92 Å². The maximum absolute atomic E-state index is 12.2. The first-order chi connectivity index (χ1) is 11.6. The molecule has 0 radical (unpaired) electrons. The van der Waals surface area contributed by atoms with Crippen molar-refractivity contribution in [1.29, 1.82) is 0 Å². The van der Waals surface area contributed by atoms with Crippen LogP contribution in [0.15, 0.2) is 12.1 Å². The highest BCUT2D eigenvalue weighted by Crippen LogP contribution is 2.37. The summed E-state index contributed by atoms with van der Waals surface area (Å²) in [7, 11) is 0. The fourth-order valence-corrected chi connectivity index (χ4v) is 2.32. The van der Waals surface area contributed by atoms with E-state index in [0.717, 1.165) is 25.7 Å². The summed E-state index contributed by atoms with van der Waals surface area (Å²) >= 11 is 6.24. The predicted molar refractivity (Wildman–Crippen MR) is 91.4 cm³/mol. The van der Waals surface area contributed by atoms with E-state index in [2.05, 4.69) is 17.8 Å². The predicted octanol–water partition coefficient (Wildman–Crippen LogP) is 3.09. The van der Waals surface area contributed by atoms with E-state index >= 15 is 0 Å². The largest absolute Gasteiger partial charge is 0.490 e. The van der Waals surface area contributed by atoms with Gasteiger partial charge in [0.1, 0.15) is 0 Å². The molecule has 0 aliphatic heterocycles. The number of nitrogens with one attached hydrogen (secondary N) is 2. The SMILES string of the molecule is CCCCOc1c(Cl)cc(C(=O)NNC(=O)C2CC2)cc1OCC. The van der Waals surface area contributed by atoms with E-state index in [1.165, 1.54) is 6.07 Å². The van der Waals surface area contributed by atoms with Crippen molar-refractivity contribution in [3.8, 4) is 11.5 Å². The van der Waals surface area contributed by atoms with E-state index in [1.54, 1.807) is 6.07 Å². The number of unbranched alkanes of at least 4 members (excludes halogenated alkanes) is 1. The highest BCUT2D eigenvalue weighted by atomic mass is 35.5. The molecular weight excluding hydrogens is 332 g/mol. The topological polar surface area (TPSA) is 76.7 Å². The summed E-state index contributed by atoms with van der Waals surface area (Å²) in [5, 5.41) is 0.302. The molecule has 1 aromatic carbocycles. The Labute approximate surface area is 146 Å². The molecule has 1 saturated carbocycles. The molecule has 2 amide bonds. The van der Waals surface area contributed by atoms with Crippen LogP contribution in [-0.4, -0.2) is 25.0 Å². The van der Waals surface area contributed by atoms with Crippen molar-refractivity contribution in [2.75, 3.05) is 13.2 Å². The molecule has 24 heavy (non-hydrogen) atoms. The molecule has 1 aliphatic rings. The molecule has 2 N–H and O–H groups in total. The Morgan fingerprint density at radius 2 is 1.96 bits per heavy atom. The average molecular weight is 355 g/mol. The van der Waals surface area contributed by atoms with Gasteiger partial charge in [0, 0.05) is 11.5 Å². The van der Waals surface area contributed by atoms with Crippen LogP contribution in [0.1, 0.15) is 49.9 Å². The van der Waals surface area contributed by atoms with Gasteiger partial charge in [0.05, 0.1) is 18.2 Å². The summed E-state index contributed by atoms with van der Waals surface area (Å²) in [4.78, 5) is 23.8. The Balaban J connectivity index is 2.08. The molecule has 132 valence electrons. The van der Waals surface area contributed by atoms with E-state index in [4.69, 9.17) is 21.1 Å².